The topological polar surface area (TPSA) is 99.4 Å². The SMILES string of the molecule is Cc1onc(-c2cccc(F)c2)c1COc1ccc(C(=O)NC2CCOCC2)nn1. The average molecular weight is 412 g/mol. The monoisotopic (exact) mass is 412 g/mol. The van der Waals surface area contributed by atoms with Gasteiger partial charge < -0.3 is 19.3 Å². The summed E-state index contributed by atoms with van der Waals surface area (Å²) >= 11 is 0. The summed E-state index contributed by atoms with van der Waals surface area (Å²) in [6.45, 7) is 3.15. The minimum atomic E-state index is -0.361. The first-order valence-electron chi connectivity index (χ1n) is 9.66. The Balaban J connectivity index is 1.40. The number of benzene rings is 1. The molecule has 3 aromatic rings. The van der Waals surface area contributed by atoms with Gasteiger partial charge in [0.2, 0.25) is 5.88 Å². The molecule has 1 amide bonds. The fourth-order valence-electron chi connectivity index (χ4n) is 3.19. The van der Waals surface area contributed by atoms with E-state index in [1.54, 1.807) is 31.2 Å². The van der Waals surface area contributed by atoms with Crippen LogP contribution in [0.15, 0.2) is 40.9 Å². The highest BCUT2D eigenvalue weighted by Gasteiger charge is 2.19. The molecular weight excluding hydrogens is 391 g/mol. The third-order valence-corrected chi connectivity index (χ3v) is 4.88. The number of aryl methyl sites for hydroxylation is 1. The number of carbonyl (C=O) groups is 1. The Labute approximate surface area is 172 Å². The predicted molar refractivity (Wildman–Crippen MR) is 104 cm³/mol. The van der Waals surface area contributed by atoms with Crippen molar-refractivity contribution in [3.05, 3.63) is 59.2 Å². The maximum Gasteiger partial charge on any atom is 0.272 e. The third-order valence-electron chi connectivity index (χ3n) is 4.88. The second-order valence-electron chi connectivity index (χ2n) is 6.98. The second-order valence-corrected chi connectivity index (χ2v) is 6.98. The number of ether oxygens (including phenoxy) is 2. The molecule has 1 fully saturated rings. The summed E-state index contributed by atoms with van der Waals surface area (Å²) in [5.74, 6) is 0.183. The molecule has 4 rings (SSSR count). The molecule has 2 aromatic heterocycles. The van der Waals surface area contributed by atoms with Gasteiger partial charge in [-0.2, -0.15) is 0 Å². The van der Waals surface area contributed by atoms with Gasteiger partial charge in [-0.25, -0.2) is 4.39 Å². The smallest absolute Gasteiger partial charge is 0.272 e. The van der Waals surface area contributed by atoms with E-state index >= 15 is 0 Å². The molecule has 1 aliphatic rings. The number of halogens is 1. The number of amides is 1. The van der Waals surface area contributed by atoms with Crippen molar-refractivity contribution in [2.75, 3.05) is 13.2 Å². The van der Waals surface area contributed by atoms with Crippen molar-refractivity contribution in [2.24, 2.45) is 0 Å². The van der Waals surface area contributed by atoms with Crippen molar-refractivity contribution in [3.8, 4) is 17.1 Å². The van der Waals surface area contributed by atoms with E-state index in [9.17, 15) is 9.18 Å². The fraction of sp³-hybridized carbons (Fsp3) is 0.333. The number of nitrogens with zero attached hydrogens (tertiary/aromatic N) is 3. The van der Waals surface area contributed by atoms with Crippen molar-refractivity contribution in [3.63, 3.8) is 0 Å². The van der Waals surface area contributed by atoms with E-state index < -0.39 is 0 Å². The van der Waals surface area contributed by atoms with Gasteiger partial charge in [0.1, 0.15) is 23.9 Å². The zero-order chi connectivity index (χ0) is 20.9. The van der Waals surface area contributed by atoms with Crippen LogP contribution >= 0.6 is 0 Å². The van der Waals surface area contributed by atoms with Crippen LogP contribution in [-0.2, 0) is 11.3 Å². The van der Waals surface area contributed by atoms with E-state index in [0.717, 1.165) is 12.8 Å². The van der Waals surface area contributed by atoms with Crippen LogP contribution in [0.3, 0.4) is 0 Å². The van der Waals surface area contributed by atoms with E-state index in [1.165, 1.54) is 12.1 Å². The van der Waals surface area contributed by atoms with Crippen LogP contribution in [0, 0.1) is 12.7 Å². The lowest BCUT2D eigenvalue weighted by Gasteiger charge is -2.22. The van der Waals surface area contributed by atoms with E-state index in [2.05, 4.69) is 20.7 Å². The minimum Gasteiger partial charge on any atom is -0.472 e. The maximum atomic E-state index is 13.5. The molecule has 1 aliphatic heterocycles. The molecule has 1 saturated heterocycles. The summed E-state index contributed by atoms with van der Waals surface area (Å²) in [5, 5.41) is 14.9. The molecule has 0 spiro atoms. The van der Waals surface area contributed by atoms with Crippen LogP contribution in [0.1, 0.15) is 34.7 Å². The molecule has 1 aromatic carbocycles. The van der Waals surface area contributed by atoms with Gasteiger partial charge in [0.25, 0.3) is 5.91 Å². The highest BCUT2D eigenvalue weighted by atomic mass is 19.1. The van der Waals surface area contributed by atoms with Gasteiger partial charge in [-0.1, -0.05) is 17.3 Å². The predicted octanol–water partition coefficient (Wildman–Crippen LogP) is 3.07. The maximum absolute atomic E-state index is 13.5. The normalized spacial score (nSPS) is 14.5. The van der Waals surface area contributed by atoms with Gasteiger partial charge in [0, 0.05) is 30.9 Å². The second kappa shape index (κ2) is 9.00. The summed E-state index contributed by atoms with van der Waals surface area (Å²) < 4.78 is 29.8. The molecule has 0 radical (unpaired) electrons. The number of nitrogens with one attached hydrogen (secondary N) is 1. The standard InChI is InChI=1S/C21H21FN4O4/c1-13-17(20(26-30-13)14-3-2-4-15(22)11-14)12-29-19-6-5-18(24-25-19)21(27)23-16-7-9-28-10-8-16/h2-6,11,16H,7-10,12H2,1H3,(H,23,27). The molecular formula is C21H21FN4O4. The highest BCUT2D eigenvalue weighted by molar-refractivity contribution is 5.92. The Morgan fingerprint density at radius 1 is 1.23 bits per heavy atom. The Bertz CT molecular complexity index is 1020. The third kappa shape index (κ3) is 4.62. The van der Waals surface area contributed by atoms with Crippen molar-refractivity contribution in [1.82, 2.24) is 20.7 Å². The van der Waals surface area contributed by atoms with Crippen molar-refractivity contribution in [1.29, 1.82) is 0 Å². The van der Waals surface area contributed by atoms with E-state index in [-0.39, 0.29) is 35.9 Å². The highest BCUT2D eigenvalue weighted by Crippen LogP contribution is 2.26. The molecule has 0 bridgehead atoms. The Morgan fingerprint density at radius 3 is 2.80 bits per heavy atom. The van der Waals surface area contributed by atoms with Crippen LogP contribution in [0.25, 0.3) is 11.3 Å². The number of hydrogen-bond donors (Lipinski definition) is 1. The fourth-order valence-corrected chi connectivity index (χ4v) is 3.19. The lowest BCUT2D eigenvalue weighted by Crippen LogP contribution is -2.39. The molecule has 3 heterocycles. The number of hydrogen-bond acceptors (Lipinski definition) is 7. The van der Waals surface area contributed by atoms with Gasteiger partial charge in [0.05, 0.1) is 5.56 Å². The summed E-state index contributed by atoms with van der Waals surface area (Å²) in [6, 6.07) is 9.32. The van der Waals surface area contributed by atoms with Gasteiger partial charge in [0.15, 0.2) is 5.69 Å². The number of rotatable bonds is 6. The summed E-state index contributed by atoms with van der Waals surface area (Å²) in [6.07, 6.45) is 1.57. The molecule has 0 aliphatic carbocycles. The lowest BCUT2D eigenvalue weighted by atomic mass is 10.1. The zero-order valence-corrected chi connectivity index (χ0v) is 16.4. The van der Waals surface area contributed by atoms with Crippen molar-refractivity contribution in [2.45, 2.75) is 32.4 Å². The van der Waals surface area contributed by atoms with Crippen LogP contribution in [0.4, 0.5) is 4.39 Å². The van der Waals surface area contributed by atoms with Crippen LogP contribution in [0.5, 0.6) is 5.88 Å². The first-order valence-corrected chi connectivity index (χ1v) is 9.66. The van der Waals surface area contributed by atoms with Crippen molar-refractivity contribution < 1.29 is 23.2 Å². The Morgan fingerprint density at radius 2 is 2.07 bits per heavy atom. The van der Waals surface area contributed by atoms with Crippen LogP contribution in [-0.4, -0.2) is 40.5 Å². The molecule has 156 valence electrons. The quantitative estimate of drug-likeness (QED) is 0.664. The largest absolute Gasteiger partial charge is 0.472 e. The van der Waals surface area contributed by atoms with E-state index in [4.69, 9.17) is 14.0 Å². The molecule has 30 heavy (non-hydrogen) atoms. The summed E-state index contributed by atoms with van der Waals surface area (Å²) in [5.41, 5.74) is 2.00. The summed E-state index contributed by atoms with van der Waals surface area (Å²) in [7, 11) is 0. The minimum absolute atomic E-state index is 0.0850. The van der Waals surface area contributed by atoms with Crippen LogP contribution < -0.4 is 10.1 Å². The molecule has 8 nitrogen and oxygen atoms in total. The molecule has 9 heteroatoms. The first kappa shape index (κ1) is 20.0. The Hall–Kier alpha value is -3.33. The van der Waals surface area contributed by atoms with E-state index in [1.807, 2.05) is 0 Å². The van der Waals surface area contributed by atoms with Gasteiger partial charge >= 0.3 is 0 Å². The summed E-state index contributed by atoms with van der Waals surface area (Å²) in [4.78, 5) is 12.3. The molecule has 0 unspecified atom stereocenters. The lowest BCUT2D eigenvalue weighted by molar-refractivity contribution is 0.0693. The van der Waals surface area contributed by atoms with Crippen LogP contribution in [0.2, 0.25) is 0 Å². The van der Waals surface area contributed by atoms with Crippen molar-refractivity contribution >= 4 is 5.91 Å². The molecule has 1 N–H and O–H groups in total. The first-order chi connectivity index (χ1) is 14.6. The van der Waals surface area contributed by atoms with E-state index in [0.29, 0.717) is 35.8 Å². The van der Waals surface area contributed by atoms with Gasteiger partial charge in [-0.15, -0.1) is 10.2 Å². The number of carbonyl (C=O) groups excluding carboxylic acids is 1. The number of aromatic nitrogens is 3. The average Bonchev–Trinajstić information content (AvgIpc) is 3.13. The zero-order valence-electron chi connectivity index (χ0n) is 16.4. The molecule has 0 saturated carbocycles. The Kier molecular flexibility index (Phi) is 5.99. The molecule has 0 atom stereocenters. The van der Waals surface area contributed by atoms with Gasteiger partial charge in [-0.05, 0) is 38.0 Å². The van der Waals surface area contributed by atoms with Gasteiger partial charge in [-0.3, -0.25) is 4.79 Å².